The first-order chi connectivity index (χ1) is 7.47. The third-order valence-corrected chi connectivity index (χ3v) is 2.95. The first-order valence-corrected chi connectivity index (χ1v) is 7.46. The van der Waals surface area contributed by atoms with Crippen molar-refractivity contribution in [3.05, 3.63) is 22.8 Å². The van der Waals surface area contributed by atoms with Crippen LogP contribution in [0.2, 0.25) is 0 Å². The zero-order chi connectivity index (χ0) is 12.0. The number of hydrogen-bond donors (Lipinski definition) is 2. The van der Waals surface area contributed by atoms with Crippen molar-refractivity contribution in [2.24, 2.45) is 0 Å². The predicted molar refractivity (Wildman–Crippen MR) is 67.9 cm³/mol. The zero-order valence-corrected chi connectivity index (χ0v) is 11.3. The fourth-order valence-electron chi connectivity index (χ4n) is 1.04. The Labute approximate surface area is 104 Å². The number of sulfonamides is 1. The standard InChI is InChI=1S/C9H14BrN3O2S/c1-16(14,15)13-6-2-5-11-9-4-3-8(10)7-12-9/h3-4,7,13H,2,5-6H2,1H3,(H,11,12). The van der Waals surface area contributed by atoms with E-state index in [0.717, 1.165) is 16.5 Å². The number of aromatic nitrogens is 1. The monoisotopic (exact) mass is 307 g/mol. The molecule has 0 atom stereocenters. The highest BCUT2D eigenvalue weighted by molar-refractivity contribution is 9.10. The van der Waals surface area contributed by atoms with E-state index in [1.165, 1.54) is 0 Å². The number of rotatable bonds is 6. The average Bonchev–Trinajstić information content (AvgIpc) is 2.19. The van der Waals surface area contributed by atoms with E-state index in [9.17, 15) is 8.42 Å². The zero-order valence-electron chi connectivity index (χ0n) is 8.90. The van der Waals surface area contributed by atoms with E-state index in [1.807, 2.05) is 12.1 Å². The van der Waals surface area contributed by atoms with Crippen LogP contribution in [0.25, 0.3) is 0 Å². The SMILES string of the molecule is CS(=O)(=O)NCCCNc1ccc(Br)cn1. The molecule has 0 aliphatic heterocycles. The largest absolute Gasteiger partial charge is 0.370 e. The molecule has 90 valence electrons. The molecule has 0 aliphatic rings. The van der Waals surface area contributed by atoms with Gasteiger partial charge in [0.05, 0.1) is 6.26 Å². The van der Waals surface area contributed by atoms with Crippen molar-refractivity contribution < 1.29 is 8.42 Å². The molecule has 1 heterocycles. The van der Waals surface area contributed by atoms with Gasteiger partial charge in [-0.2, -0.15) is 0 Å². The molecule has 1 aromatic heterocycles. The number of halogens is 1. The predicted octanol–water partition coefficient (Wildman–Crippen LogP) is 1.20. The van der Waals surface area contributed by atoms with E-state index in [0.29, 0.717) is 19.5 Å². The third-order valence-electron chi connectivity index (χ3n) is 1.75. The maximum atomic E-state index is 10.8. The highest BCUT2D eigenvalue weighted by Crippen LogP contribution is 2.09. The molecule has 0 spiro atoms. The van der Waals surface area contributed by atoms with E-state index >= 15 is 0 Å². The molecule has 5 nitrogen and oxygen atoms in total. The highest BCUT2D eigenvalue weighted by atomic mass is 79.9. The van der Waals surface area contributed by atoms with Crippen molar-refractivity contribution in [2.45, 2.75) is 6.42 Å². The van der Waals surface area contributed by atoms with Crippen LogP contribution < -0.4 is 10.0 Å². The van der Waals surface area contributed by atoms with Gasteiger partial charge in [-0.25, -0.2) is 18.1 Å². The van der Waals surface area contributed by atoms with Crippen LogP contribution in [0.1, 0.15) is 6.42 Å². The van der Waals surface area contributed by atoms with Gasteiger partial charge >= 0.3 is 0 Å². The van der Waals surface area contributed by atoms with Crippen molar-refractivity contribution >= 4 is 31.8 Å². The summed E-state index contributed by atoms with van der Waals surface area (Å²) in [5, 5.41) is 3.09. The molecule has 0 aliphatic carbocycles. The molecule has 0 radical (unpaired) electrons. The molecule has 0 aromatic carbocycles. The van der Waals surface area contributed by atoms with Crippen molar-refractivity contribution in [1.29, 1.82) is 0 Å². The Hall–Kier alpha value is -0.660. The third kappa shape index (κ3) is 6.04. The minimum absolute atomic E-state index is 0.433. The van der Waals surface area contributed by atoms with Gasteiger partial charge in [-0.3, -0.25) is 0 Å². The minimum atomic E-state index is -3.07. The molecule has 0 amide bonds. The molecular formula is C9H14BrN3O2S. The summed E-state index contributed by atoms with van der Waals surface area (Å²) in [6.45, 7) is 1.11. The minimum Gasteiger partial charge on any atom is -0.370 e. The molecule has 0 saturated heterocycles. The molecule has 0 saturated carbocycles. The fourth-order valence-corrected chi connectivity index (χ4v) is 1.79. The van der Waals surface area contributed by atoms with Crippen LogP contribution in [0.3, 0.4) is 0 Å². The molecule has 1 rings (SSSR count). The van der Waals surface area contributed by atoms with Crippen LogP contribution in [-0.2, 0) is 10.0 Å². The topological polar surface area (TPSA) is 71.1 Å². The van der Waals surface area contributed by atoms with Gasteiger partial charge in [0.1, 0.15) is 5.82 Å². The van der Waals surface area contributed by atoms with Crippen molar-refractivity contribution in [3.8, 4) is 0 Å². The lowest BCUT2D eigenvalue weighted by Crippen LogP contribution is -2.24. The molecule has 0 fully saturated rings. The van der Waals surface area contributed by atoms with Gasteiger partial charge in [0, 0.05) is 23.8 Å². The summed E-state index contributed by atoms with van der Waals surface area (Å²) in [5.74, 6) is 0.780. The van der Waals surface area contributed by atoms with Crippen molar-refractivity contribution in [2.75, 3.05) is 24.7 Å². The Balaban J connectivity index is 2.19. The summed E-state index contributed by atoms with van der Waals surface area (Å²) in [6.07, 6.45) is 3.57. The second kappa shape index (κ2) is 6.17. The van der Waals surface area contributed by atoms with E-state index in [-0.39, 0.29) is 0 Å². The van der Waals surface area contributed by atoms with Gasteiger partial charge in [0.25, 0.3) is 0 Å². The van der Waals surface area contributed by atoms with Crippen LogP contribution >= 0.6 is 15.9 Å². The fraction of sp³-hybridized carbons (Fsp3) is 0.444. The maximum Gasteiger partial charge on any atom is 0.208 e. The number of pyridine rings is 1. The first kappa shape index (κ1) is 13.4. The van der Waals surface area contributed by atoms with Gasteiger partial charge in [0.15, 0.2) is 0 Å². The van der Waals surface area contributed by atoms with E-state index < -0.39 is 10.0 Å². The number of hydrogen-bond acceptors (Lipinski definition) is 4. The lowest BCUT2D eigenvalue weighted by atomic mass is 10.4. The van der Waals surface area contributed by atoms with Crippen molar-refractivity contribution in [3.63, 3.8) is 0 Å². The van der Waals surface area contributed by atoms with Gasteiger partial charge in [-0.15, -0.1) is 0 Å². The summed E-state index contributed by atoms with van der Waals surface area (Å²) in [5.41, 5.74) is 0. The van der Waals surface area contributed by atoms with Crippen LogP contribution in [0.5, 0.6) is 0 Å². The Morgan fingerprint density at radius 2 is 2.12 bits per heavy atom. The molecule has 0 bridgehead atoms. The normalized spacial score (nSPS) is 11.4. The summed E-state index contributed by atoms with van der Waals surface area (Å²) in [6, 6.07) is 3.75. The smallest absolute Gasteiger partial charge is 0.208 e. The average molecular weight is 308 g/mol. The lowest BCUT2D eigenvalue weighted by molar-refractivity contribution is 0.586. The molecule has 7 heteroatoms. The second-order valence-electron chi connectivity index (χ2n) is 3.31. The Morgan fingerprint density at radius 3 is 2.69 bits per heavy atom. The van der Waals surface area contributed by atoms with Crippen LogP contribution in [0, 0.1) is 0 Å². The van der Waals surface area contributed by atoms with E-state index in [4.69, 9.17) is 0 Å². The summed E-state index contributed by atoms with van der Waals surface area (Å²) < 4.78 is 24.9. The lowest BCUT2D eigenvalue weighted by Gasteiger charge is -2.05. The Bertz CT molecular complexity index is 419. The number of anilines is 1. The molecule has 2 N–H and O–H groups in total. The summed E-state index contributed by atoms with van der Waals surface area (Å²) in [4.78, 5) is 4.13. The summed E-state index contributed by atoms with van der Waals surface area (Å²) >= 11 is 3.29. The molecule has 1 aromatic rings. The number of nitrogens with zero attached hydrogens (tertiary/aromatic N) is 1. The Kier molecular flexibility index (Phi) is 5.17. The first-order valence-electron chi connectivity index (χ1n) is 4.77. The highest BCUT2D eigenvalue weighted by Gasteiger charge is 1.98. The van der Waals surface area contributed by atoms with Gasteiger partial charge in [0.2, 0.25) is 10.0 Å². The molecule has 0 unspecified atom stereocenters. The second-order valence-corrected chi connectivity index (χ2v) is 6.06. The van der Waals surface area contributed by atoms with Gasteiger partial charge in [-0.05, 0) is 34.5 Å². The molecular weight excluding hydrogens is 294 g/mol. The van der Waals surface area contributed by atoms with Crippen LogP contribution in [0.15, 0.2) is 22.8 Å². The molecule has 16 heavy (non-hydrogen) atoms. The van der Waals surface area contributed by atoms with Crippen molar-refractivity contribution in [1.82, 2.24) is 9.71 Å². The summed E-state index contributed by atoms with van der Waals surface area (Å²) in [7, 11) is -3.07. The van der Waals surface area contributed by atoms with E-state index in [1.54, 1.807) is 6.20 Å². The van der Waals surface area contributed by atoms with Crippen LogP contribution in [-0.4, -0.2) is 32.7 Å². The quantitative estimate of drug-likeness (QED) is 0.775. The number of nitrogens with one attached hydrogen (secondary N) is 2. The Morgan fingerprint density at radius 1 is 1.38 bits per heavy atom. The van der Waals surface area contributed by atoms with E-state index in [2.05, 4.69) is 31.0 Å². The van der Waals surface area contributed by atoms with Gasteiger partial charge < -0.3 is 5.32 Å². The van der Waals surface area contributed by atoms with Gasteiger partial charge in [-0.1, -0.05) is 0 Å². The maximum absolute atomic E-state index is 10.8. The van der Waals surface area contributed by atoms with Crippen LogP contribution in [0.4, 0.5) is 5.82 Å².